The Hall–Kier alpha value is -1.12. The highest BCUT2D eigenvalue weighted by molar-refractivity contribution is 5.94. The first-order valence-electron chi connectivity index (χ1n) is 5.75. The predicted octanol–water partition coefficient (Wildman–Crippen LogP) is 2.50. The number of carbonyl (C=O) groups excluding carboxylic acids is 2. The minimum Gasteiger partial charge on any atom is -0.462 e. The Morgan fingerprint density at radius 3 is 2.75 bits per heavy atom. The lowest BCUT2D eigenvalue weighted by Crippen LogP contribution is -2.43. The maximum atomic E-state index is 12.0. The van der Waals surface area contributed by atoms with Gasteiger partial charge in [0, 0.05) is 0 Å². The maximum absolute atomic E-state index is 12.0. The Kier molecular flexibility index (Phi) is 3.89. The molecule has 0 heterocycles. The number of ether oxygens (including phenoxy) is 1. The van der Waals surface area contributed by atoms with Crippen molar-refractivity contribution in [3.05, 3.63) is 11.6 Å². The second kappa shape index (κ2) is 4.81. The van der Waals surface area contributed by atoms with Crippen LogP contribution in [0.2, 0.25) is 0 Å². The average Bonchev–Trinajstić information content (AvgIpc) is 2.20. The smallest absolute Gasteiger partial charge is 0.320 e. The van der Waals surface area contributed by atoms with E-state index >= 15 is 0 Å². The van der Waals surface area contributed by atoms with Crippen molar-refractivity contribution in [1.29, 1.82) is 0 Å². The van der Waals surface area contributed by atoms with Crippen molar-refractivity contribution in [3.63, 3.8) is 0 Å². The van der Waals surface area contributed by atoms with Crippen LogP contribution in [0.5, 0.6) is 0 Å². The number of esters is 1. The van der Waals surface area contributed by atoms with E-state index in [2.05, 4.69) is 6.08 Å². The predicted molar refractivity (Wildman–Crippen MR) is 61.9 cm³/mol. The molecule has 0 fully saturated rings. The molecule has 16 heavy (non-hydrogen) atoms. The lowest BCUT2D eigenvalue weighted by molar-refractivity contribution is -0.164. The molecular weight excluding hydrogens is 204 g/mol. The van der Waals surface area contributed by atoms with E-state index in [0.717, 1.165) is 18.3 Å². The first-order chi connectivity index (χ1) is 7.42. The van der Waals surface area contributed by atoms with Crippen molar-refractivity contribution < 1.29 is 14.3 Å². The van der Waals surface area contributed by atoms with Crippen LogP contribution in [-0.4, -0.2) is 18.4 Å². The summed E-state index contributed by atoms with van der Waals surface area (Å²) in [7, 11) is 0. The topological polar surface area (TPSA) is 43.4 Å². The Morgan fingerprint density at radius 1 is 1.62 bits per heavy atom. The van der Waals surface area contributed by atoms with Gasteiger partial charge in [0.15, 0.2) is 0 Å². The molecule has 2 atom stereocenters. The minimum absolute atomic E-state index is 0.0138. The van der Waals surface area contributed by atoms with E-state index in [-0.39, 0.29) is 18.0 Å². The van der Waals surface area contributed by atoms with Gasteiger partial charge in [-0.05, 0) is 39.5 Å². The minimum atomic E-state index is -0.969. The molecule has 1 rings (SSSR count). The van der Waals surface area contributed by atoms with Crippen molar-refractivity contribution in [3.8, 4) is 0 Å². The van der Waals surface area contributed by atoms with Crippen molar-refractivity contribution in [2.75, 3.05) is 0 Å². The molecule has 0 aliphatic heterocycles. The summed E-state index contributed by atoms with van der Waals surface area (Å²) in [6.45, 7) is 7.48. The van der Waals surface area contributed by atoms with Gasteiger partial charge in [-0.2, -0.15) is 0 Å². The number of hydrogen-bond acceptors (Lipinski definition) is 3. The standard InChI is InChI=1S/C13H20O3/c1-9(2)16-12(15)13(8-14)7-10(3)5-6-11(13)4/h5,8-9,11H,6-7H2,1-4H3/t11-,13-/m0/s1. The number of rotatable bonds is 3. The number of hydrogen-bond donors (Lipinski definition) is 0. The van der Waals surface area contributed by atoms with Crippen LogP contribution in [0.3, 0.4) is 0 Å². The van der Waals surface area contributed by atoms with Gasteiger partial charge in [0.1, 0.15) is 11.7 Å². The summed E-state index contributed by atoms with van der Waals surface area (Å²) in [4.78, 5) is 23.4. The second-order valence-electron chi connectivity index (χ2n) is 4.98. The molecule has 0 bridgehead atoms. The molecule has 0 aromatic carbocycles. The number of allylic oxidation sites excluding steroid dienone is 2. The van der Waals surface area contributed by atoms with Gasteiger partial charge in [0.2, 0.25) is 0 Å². The van der Waals surface area contributed by atoms with Gasteiger partial charge in [-0.25, -0.2) is 0 Å². The van der Waals surface area contributed by atoms with E-state index in [1.54, 1.807) is 13.8 Å². The molecule has 0 unspecified atom stereocenters. The fraction of sp³-hybridized carbons (Fsp3) is 0.692. The zero-order valence-electron chi connectivity index (χ0n) is 10.4. The van der Waals surface area contributed by atoms with Gasteiger partial charge in [0.05, 0.1) is 6.10 Å². The number of aldehydes is 1. The summed E-state index contributed by atoms with van der Waals surface area (Å²) >= 11 is 0. The van der Waals surface area contributed by atoms with E-state index in [4.69, 9.17) is 4.74 Å². The summed E-state index contributed by atoms with van der Waals surface area (Å²) in [6.07, 6.45) is 3.94. The van der Waals surface area contributed by atoms with Crippen molar-refractivity contribution in [2.45, 2.75) is 46.6 Å². The first kappa shape index (κ1) is 12.9. The number of carbonyl (C=O) groups is 2. The van der Waals surface area contributed by atoms with Crippen LogP contribution >= 0.6 is 0 Å². The summed E-state index contributed by atoms with van der Waals surface area (Å²) < 4.78 is 5.21. The van der Waals surface area contributed by atoms with E-state index in [9.17, 15) is 9.59 Å². The van der Waals surface area contributed by atoms with Gasteiger partial charge < -0.3 is 9.53 Å². The summed E-state index contributed by atoms with van der Waals surface area (Å²) in [5.41, 5.74) is 0.120. The molecule has 0 aromatic rings. The van der Waals surface area contributed by atoms with E-state index in [0.29, 0.717) is 6.42 Å². The summed E-state index contributed by atoms with van der Waals surface area (Å²) in [5.74, 6) is -0.364. The van der Waals surface area contributed by atoms with Crippen molar-refractivity contribution >= 4 is 12.3 Å². The summed E-state index contributed by atoms with van der Waals surface area (Å²) in [6, 6.07) is 0. The average molecular weight is 224 g/mol. The Morgan fingerprint density at radius 2 is 2.25 bits per heavy atom. The lowest BCUT2D eigenvalue weighted by Gasteiger charge is -2.35. The van der Waals surface area contributed by atoms with E-state index in [1.165, 1.54) is 0 Å². The zero-order chi connectivity index (χ0) is 12.3. The Bertz CT molecular complexity index is 317. The van der Waals surface area contributed by atoms with Gasteiger partial charge in [0.25, 0.3) is 0 Å². The molecule has 90 valence electrons. The molecule has 1 aliphatic rings. The van der Waals surface area contributed by atoms with E-state index in [1.807, 2.05) is 13.8 Å². The van der Waals surface area contributed by atoms with Crippen LogP contribution in [0.4, 0.5) is 0 Å². The van der Waals surface area contributed by atoms with E-state index < -0.39 is 5.41 Å². The molecule has 0 aromatic heterocycles. The quantitative estimate of drug-likeness (QED) is 0.320. The first-order valence-corrected chi connectivity index (χ1v) is 5.75. The monoisotopic (exact) mass is 224 g/mol. The molecule has 0 amide bonds. The second-order valence-corrected chi connectivity index (χ2v) is 4.98. The highest BCUT2D eigenvalue weighted by atomic mass is 16.5. The molecule has 0 saturated carbocycles. The molecule has 3 nitrogen and oxygen atoms in total. The van der Waals surface area contributed by atoms with Crippen LogP contribution < -0.4 is 0 Å². The largest absolute Gasteiger partial charge is 0.462 e. The van der Waals surface area contributed by atoms with Gasteiger partial charge in [-0.1, -0.05) is 18.6 Å². The summed E-state index contributed by atoms with van der Waals surface area (Å²) in [5, 5.41) is 0. The van der Waals surface area contributed by atoms with Crippen LogP contribution in [0, 0.1) is 11.3 Å². The molecule has 1 aliphatic carbocycles. The van der Waals surface area contributed by atoms with Crippen LogP contribution in [-0.2, 0) is 14.3 Å². The third-order valence-electron chi connectivity index (χ3n) is 3.20. The highest BCUT2D eigenvalue weighted by Gasteiger charge is 2.46. The normalized spacial score (nSPS) is 29.8. The Balaban J connectivity index is 2.96. The van der Waals surface area contributed by atoms with Crippen molar-refractivity contribution in [1.82, 2.24) is 0 Å². The SMILES string of the molecule is CC1=CC[C@H](C)[C@](C=O)(C(=O)OC(C)C)C1. The zero-order valence-corrected chi connectivity index (χ0v) is 10.4. The van der Waals surface area contributed by atoms with Crippen LogP contribution in [0.15, 0.2) is 11.6 Å². The van der Waals surface area contributed by atoms with Crippen molar-refractivity contribution in [2.24, 2.45) is 11.3 Å². The molecule has 0 radical (unpaired) electrons. The van der Waals surface area contributed by atoms with Crippen LogP contribution in [0.25, 0.3) is 0 Å². The van der Waals surface area contributed by atoms with Crippen LogP contribution in [0.1, 0.15) is 40.5 Å². The van der Waals surface area contributed by atoms with Gasteiger partial charge in [-0.3, -0.25) is 4.79 Å². The lowest BCUT2D eigenvalue weighted by atomic mass is 9.68. The maximum Gasteiger partial charge on any atom is 0.320 e. The third kappa shape index (κ3) is 2.34. The molecule has 0 spiro atoms. The van der Waals surface area contributed by atoms with Gasteiger partial charge in [-0.15, -0.1) is 0 Å². The third-order valence-corrected chi connectivity index (χ3v) is 3.20. The molecular formula is C13H20O3. The highest BCUT2D eigenvalue weighted by Crippen LogP contribution is 2.40. The molecule has 0 N–H and O–H groups in total. The Labute approximate surface area is 96.9 Å². The fourth-order valence-corrected chi connectivity index (χ4v) is 2.10. The van der Waals surface area contributed by atoms with Gasteiger partial charge >= 0.3 is 5.97 Å². The molecule has 0 saturated heterocycles. The fourth-order valence-electron chi connectivity index (χ4n) is 2.10. The molecule has 3 heteroatoms.